The smallest absolute Gasteiger partial charge is 0.306 e. The van der Waals surface area contributed by atoms with E-state index in [0.717, 1.165) is 96.3 Å². The Morgan fingerprint density at radius 1 is 0.333 bits per heavy atom. The van der Waals surface area contributed by atoms with Crippen LogP contribution in [0.2, 0.25) is 0 Å². The third-order valence-electron chi connectivity index (χ3n) is 10.2. The number of ether oxygens (including phenoxy) is 3. The van der Waals surface area contributed by atoms with Gasteiger partial charge in [-0.05, 0) is 57.8 Å². The lowest BCUT2D eigenvalue weighted by Gasteiger charge is -2.18. The second kappa shape index (κ2) is 50.5. The second-order valence-corrected chi connectivity index (χ2v) is 16.2. The quantitative estimate of drug-likeness (QED) is 0.0263. The molecule has 0 saturated carbocycles. The van der Waals surface area contributed by atoms with E-state index in [-0.39, 0.29) is 31.1 Å². The molecule has 1 atom stereocenters. The number of hydrogen-bond acceptors (Lipinski definition) is 6. The van der Waals surface area contributed by atoms with Crippen molar-refractivity contribution in [3.05, 3.63) is 122 Å². The van der Waals surface area contributed by atoms with E-state index in [2.05, 4.69) is 63.3 Å². The summed E-state index contributed by atoms with van der Waals surface area (Å²) in [5, 5.41) is 0. The molecular formula is C57H90O6. The van der Waals surface area contributed by atoms with E-state index in [1.807, 2.05) is 79.0 Å². The summed E-state index contributed by atoms with van der Waals surface area (Å²) in [7, 11) is 0. The Balaban J connectivity index is 4.53. The molecule has 354 valence electrons. The zero-order valence-corrected chi connectivity index (χ0v) is 40.3. The number of carbonyl (C=O) groups is 3. The molecule has 0 amide bonds. The third-order valence-corrected chi connectivity index (χ3v) is 10.2. The van der Waals surface area contributed by atoms with E-state index in [0.29, 0.717) is 19.3 Å². The Labute approximate surface area is 386 Å². The van der Waals surface area contributed by atoms with Crippen LogP contribution in [0.4, 0.5) is 0 Å². The Morgan fingerprint density at radius 3 is 0.984 bits per heavy atom. The fraction of sp³-hybridized carbons (Fsp3) is 0.596. The first-order valence-corrected chi connectivity index (χ1v) is 25.2. The number of unbranched alkanes of at least 4 members (excludes halogenated alkanes) is 20. The molecule has 0 heterocycles. The molecule has 6 heteroatoms. The maximum Gasteiger partial charge on any atom is 0.306 e. The lowest BCUT2D eigenvalue weighted by atomic mass is 10.0. The lowest BCUT2D eigenvalue weighted by molar-refractivity contribution is -0.167. The number of esters is 3. The predicted octanol–water partition coefficient (Wildman–Crippen LogP) is 16.5. The molecule has 0 saturated heterocycles. The van der Waals surface area contributed by atoms with E-state index in [9.17, 15) is 14.4 Å². The van der Waals surface area contributed by atoms with Crippen LogP contribution < -0.4 is 0 Å². The monoisotopic (exact) mass is 871 g/mol. The van der Waals surface area contributed by atoms with Gasteiger partial charge in [0.2, 0.25) is 0 Å². The molecular weight excluding hydrogens is 781 g/mol. The molecule has 0 bridgehead atoms. The molecule has 0 rings (SSSR count). The molecule has 0 radical (unpaired) electrons. The van der Waals surface area contributed by atoms with Gasteiger partial charge >= 0.3 is 17.9 Å². The highest BCUT2D eigenvalue weighted by molar-refractivity contribution is 5.71. The SMILES string of the molecule is CC\C=C/C=C\C=C/C=C\C=C\C=C/C=C\CCCCCC(=O)OCC(COC(=O)CCCCCCCCCCCCCCC)OC(=O)CCCCCCC\C=C/C=C\C=C/CC. The zero-order valence-electron chi connectivity index (χ0n) is 40.3. The molecule has 6 nitrogen and oxygen atoms in total. The van der Waals surface area contributed by atoms with Gasteiger partial charge in [0.15, 0.2) is 6.10 Å². The van der Waals surface area contributed by atoms with Crippen LogP contribution in [0.3, 0.4) is 0 Å². The van der Waals surface area contributed by atoms with Gasteiger partial charge in [0.05, 0.1) is 0 Å². The van der Waals surface area contributed by atoms with Gasteiger partial charge < -0.3 is 14.2 Å². The van der Waals surface area contributed by atoms with Gasteiger partial charge in [0.1, 0.15) is 13.2 Å². The summed E-state index contributed by atoms with van der Waals surface area (Å²) in [5.74, 6) is -0.978. The minimum absolute atomic E-state index is 0.103. The normalized spacial score (nSPS) is 13.1. The van der Waals surface area contributed by atoms with Gasteiger partial charge in [-0.1, -0.05) is 245 Å². The van der Waals surface area contributed by atoms with Crippen LogP contribution in [0.5, 0.6) is 0 Å². The predicted molar refractivity (Wildman–Crippen MR) is 269 cm³/mol. The van der Waals surface area contributed by atoms with E-state index in [1.54, 1.807) is 0 Å². The van der Waals surface area contributed by atoms with Gasteiger partial charge in [-0.25, -0.2) is 0 Å². The molecule has 0 fully saturated rings. The first-order chi connectivity index (χ1) is 31.0. The average molecular weight is 871 g/mol. The van der Waals surface area contributed by atoms with E-state index in [4.69, 9.17) is 14.2 Å². The molecule has 0 N–H and O–H groups in total. The molecule has 63 heavy (non-hydrogen) atoms. The largest absolute Gasteiger partial charge is 0.462 e. The Morgan fingerprint density at radius 2 is 0.619 bits per heavy atom. The first-order valence-electron chi connectivity index (χ1n) is 25.2. The van der Waals surface area contributed by atoms with Crippen molar-refractivity contribution >= 4 is 17.9 Å². The Kier molecular flexibility index (Phi) is 47.1. The van der Waals surface area contributed by atoms with Crippen LogP contribution in [0.1, 0.15) is 201 Å². The van der Waals surface area contributed by atoms with Crippen molar-refractivity contribution in [2.45, 2.75) is 207 Å². The van der Waals surface area contributed by atoms with Crippen LogP contribution in [0, 0.1) is 0 Å². The molecule has 0 aromatic rings. The van der Waals surface area contributed by atoms with E-state index in [1.165, 1.54) is 64.2 Å². The van der Waals surface area contributed by atoms with Crippen molar-refractivity contribution in [2.24, 2.45) is 0 Å². The van der Waals surface area contributed by atoms with Crippen LogP contribution in [-0.4, -0.2) is 37.2 Å². The van der Waals surface area contributed by atoms with Crippen molar-refractivity contribution in [1.82, 2.24) is 0 Å². The van der Waals surface area contributed by atoms with E-state index >= 15 is 0 Å². The van der Waals surface area contributed by atoms with Crippen LogP contribution in [0.15, 0.2) is 122 Å². The molecule has 0 aliphatic rings. The van der Waals surface area contributed by atoms with Gasteiger partial charge in [-0.3, -0.25) is 14.4 Å². The van der Waals surface area contributed by atoms with Crippen LogP contribution in [0.25, 0.3) is 0 Å². The topological polar surface area (TPSA) is 78.9 Å². The maximum atomic E-state index is 12.8. The van der Waals surface area contributed by atoms with Gasteiger partial charge in [-0.2, -0.15) is 0 Å². The molecule has 0 spiro atoms. The minimum Gasteiger partial charge on any atom is -0.462 e. The number of carbonyl (C=O) groups excluding carboxylic acids is 3. The highest BCUT2D eigenvalue weighted by atomic mass is 16.6. The molecule has 1 unspecified atom stereocenters. The summed E-state index contributed by atoms with van der Waals surface area (Å²) >= 11 is 0. The third kappa shape index (κ3) is 48.7. The molecule has 0 aliphatic heterocycles. The fourth-order valence-electron chi connectivity index (χ4n) is 6.48. The van der Waals surface area contributed by atoms with Gasteiger partial charge in [0.25, 0.3) is 0 Å². The first kappa shape index (κ1) is 58.8. The minimum atomic E-state index is -0.809. The molecule has 0 aromatic heterocycles. The average Bonchev–Trinajstić information content (AvgIpc) is 3.28. The summed E-state index contributed by atoms with van der Waals surface area (Å²) in [6.07, 6.45) is 68.9. The van der Waals surface area contributed by atoms with Crippen molar-refractivity contribution in [1.29, 1.82) is 0 Å². The molecule has 0 aromatic carbocycles. The van der Waals surface area contributed by atoms with Crippen LogP contribution in [-0.2, 0) is 28.6 Å². The second-order valence-electron chi connectivity index (χ2n) is 16.2. The Bertz CT molecular complexity index is 1370. The summed E-state index contributed by atoms with van der Waals surface area (Å²) in [6.45, 7) is 6.28. The standard InChI is InChI=1S/C57H90O6/c1-4-7-10-13-16-19-22-25-26-27-28-29-30-33-35-38-41-44-47-50-56(59)62-53-54(63-57(60)51-48-45-42-39-36-32-24-21-18-15-12-9-6-3)52-61-55(58)49-46-43-40-37-34-31-23-20-17-14-11-8-5-2/h7,9-10,12-13,15-16,18-19,21-22,24-30,33,35,54H,4-6,8,11,14,17,20,23,31-32,34,36-53H2,1-3H3/b10-7-,12-9-,16-13-,18-15-,22-19-,24-21-,26-25-,28-27+,30-29-,35-33-. The van der Waals surface area contributed by atoms with Gasteiger partial charge in [-0.15, -0.1) is 0 Å². The lowest BCUT2D eigenvalue weighted by Crippen LogP contribution is -2.30. The van der Waals surface area contributed by atoms with Crippen molar-refractivity contribution in [2.75, 3.05) is 13.2 Å². The van der Waals surface area contributed by atoms with Crippen LogP contribution >= 0.6 is 0 Å². The highest BCUT2D eigenvalue weighted by Gasteiger charge is 2.19. The zero-order chi connectivity index (χ0) is 45.8. The highest BCUT2D eigenvalue weighted by Crippen LogP contribution is 2.14. The number of allylic oxidation sites excluding steroid dienone is 20. The van der Waals surface area contributed by atoms with Crippen molar-refractivity contribution in [3.8, 4) is 0 Å². The van der Waals surface area contributed by atoms with Crippen molar-refractivity contribution < 1.29 is 28.6 Å². The Hall–Kier alpha value is -4.19. The summed E-state index contributed by atoms with van der Waals surface area (Å²) in [6, 6.07) is 0. The number of hydrogen-bond donors (Lipinski definition) is 0. The van der Waals surface area contributed by atoms with Crippen molar-refractivity contribution in [3.63, 3.8) is 0 Å². The maximum absolute atomic E-state index is 12.8. The number of rotatable bonds is 43. The van der Waals surface area contributed by atoms with Gasteiger partial charge in [0, 0.05) is 19.3 Å². The van der Waals surface area contributed by atoms with E-state index < -0.39 is 6.10 Å². The fourth-order valence-corrected chi connectivity index (χ4v) is 6.48. The molecule has 0 aliphatic carbocycles. The summed E-state index contributed by atoms with van der Waals surface area (Å²) in [4.78, 5) is 37.9. The summed E-state index contributed by atoms with van der Waals surface area (Å²) in [5.41, 5.74) is 0. The summed E-state index contributed by atoms with van der Waals surface area (Å²) < 4.78 is 16.7.